The van der Waals surface area contributed by atoms with Crippen LogP contribution in [0.3, 0.4) is 0 Å². The first-order valence-corrected chi connectivity index (χ1v) is 9.75. The second-order valence-electron chi connectivity index (χ2n) is 9.00. The highest BCUT2D eigenvalue weighted by Gasteiger charge is 2.33. The topological polar surface area (TPSA) is 78.7 Å². The predicted molar refractivity (Wildman–Crippen MR) is 105 cm³/mol. The number of likely N-dealkylation sites (N-methyl/N-ethyl adjacent to an activating group) is 1. The van der Waals surface area contributed by atoms with E-state index in [1.807, 2.05) is 25.7 Å². The lowest BCUT2D eigenvalue weighted by Gasteiger charge is -2.35. The Kier molecular flexibility index (Phi) is 6.68. The number of rotatable bonds is 5. The lowest BCUT2D eigenvalue weighted by Crippen LogP contribution is -2.54. The average molecular weight is 379 g/mol. The number of nitrogens with one attached hydrogen (secondary N) is 1. The van der Waals surface area contributed by atoms with Crippen molar-refractivity contribution in [2.75, 3.05) is 33.2 Å². The summed E-state index contributed by atoms with van der Waals surface area (Å²) in [5, 5.41) is 7.05. The van der Waals surface area contributed by atoms with E-state index >= 15 is 0 Å². The highest BCUT2D eigenvalue weighted by atomic mass is 16.5. The third kappa shape index (κ3) is 5.31. The molecule has 1 aliphatic rings. The van der Waals surface area contributed by atoms with Gasteiger partial charge in [0, 0.05) is 31.6 Å². The van der Waals surface area contributed by atoms with Crippen LogP contribution >= 0.6 is 0 Å². The molecule has 0 radical (unpaired) electrons. The number of amides is 2. The number of piperazine rings is 1. The van der Waals surface area contributed by atoms with Crippen LogP contribution in [0.5, 0.6) is 0 Å². The molecule has 27 heavy (non-hydrogen) atoms. The van der Waals surface area contributed by atoms with Crippen LogP contribution in [0.1, 0.15) is 62.9 Å². The standard InChI is InChI=1S/C20H34N4O3/c1-13(2)12-15(19(26)24-10-8-23(7)9-11-24)21-18(25)16-14(3)27-22-17(16)20(4,5)6/h13,15H,8-12H2,1-7H3,(H,21,25). The van der Waals surface area contributed by atoms with Gasteiger partial charge in [-0.2, -0.15) is 0 Å². The van der Waals surface area contributed by atoms with Crippen LogP contribution in [0.4, 0.5) is 0 Å². The Balaban J connectivity index is 2.20. The molecule has 0 saturated carbocycles. The summed E-state index contributed by atoms with van der Waals surface area (Å²) in [4.78, 5) is 30.2. The van der Waals surface area contributed by atoms with Crippen molar-refractivity contribution in [1.29, 1.82) is 0 Å². The van der Waals surface area contributed by atoms with Gasteiger partial charge in [-0.15, -0.1) is 0 Å². The van der Waals surface area contributed by atoms with Gasteiger partial charge in [0.15, 0.2) is 0 Å². The van der Waals surface area contributed by atoms with Gasteiger partial charge in [-0.25, -0.2) is 0 Å². The molecule has 1 atom stereocenters. The monoisotopic (exact) mass is 378 g/mol. The summed E-state index contributed by atoms with van der Waals surface area (Å²) in [5.41, 5.74) is 0.745. The Morgan fingerprint density at radius 3 is 2.30 bits per heavy atom. The number of carbonyl (C=O) groups is 2. The van der Waals surface area contributed by atoms with Gasteiger partial charge < -0.3 is 19.6 Å². The number of aromatic nitrogens is 1. The van der Waals surface area contributed by atoms with Crippen molar-refractivity contribution in [2.24, 2.45) is 5.92 Å². The van der Waals surface area contributed by atoms with E-state index < -0.39 is 6.04 Å². The van der Waals surface area contributed by atoms with Crippen molar-refractivity contribution < 1.29 is 14.1 Å². The molecular formula is C20H34N4O3. The Morgan fingerprint density at radius 1 is 1.19 bits per heavy atom. The van der Waals surface area contributed by atoms with E-state index in [0.29, 0.717) is 36.5 Å². The summed E-state index contributed by atoms with van der Waals surface area (Å²) >= 11 is 0. The number of nitrogens with zero attached hydrogens (tertiary/aromatic N) is 3. The van der Waals surface area contributed by atoms with Crippen molar-refractivity contribution in [2.45, 2.75) is 59.4 Å². The van der Waals surface area contributed by atoms with E-state index in [2.05, 4.69) is 36.3 Å². The van der Waals surface area contributed by atoms with Crippen LogP contribution in [0.15, 0.2) is 4.52 Å². The Morgan fingerprint density at radius 2 is 1.78 bits per heavy atom. The second-order valence-corrected chi connectivity index (χ2v) is 9.00. The zero-order valence-corrected chi connectivity index (χ0v) is 17.8. The van der Waals surface area contributed by atoms with Gasteiger partial charge in [-0.05, 0) is 26.3 Å². The first kappa shape index (κ1) is 21.4. The third-order valence-electron chi connectivity index (χ3n) is 4.93. The molecule has 1 aromatic heterocycles. The molecule has 1 aliphatic heterocycles. The molecule has 0 spiro atoms. The Hall–Kier alpha value is -1.89. The first-order valence-electron chi connectivity index (χ1n) is 9.75. The van der Waals surface area contributed by atoms with Gasteiger partial charge in [-0.3, -0.25) is 9.59 Å². The van der Waals surface area contributed by atoms with Gasteiger partial charge in [0.05, 0.1) is 0 Å². The smallest absolute Gasteiger partial charge is 0.257 e. The summed E-state index contributed by atoms with van der Waals surface area (Å²) in [6, 6.07) is -0.539. The van der Waals surface area contributed by atoms with E-state index in [1.165, 1.54) is 0 Å². The van der Waals surface area contributed by atoms with Crippen LogP contribution < -0.4 is 5.32 Å². The van der Waals surface area contributed by atoms with Crippen molar-refractivity contribution in [3.05, 3.63) is 17.0 Å². The van der Waals surface area contributed by atoms with E-state index in [-0.39, 0.29) is 23.1 Å². The van der Waals surface area contributed by atoms with Gasteiger partial charge in [0.2, 0.25) is 5.91 Å². The Bertz CT molecular complexity index is 667. The molecule has 2 amide bonds. The zero-order chi connectivity index (χ0) is 20.4. The van der Waals surface area contributed by atoms with Gasteiger partial charge in [-0.1, -0.05) is 39.8 Å². The SMILES string of the molecule is Cc1onc(C(C)(C)C)c1C(=O)NC(CC(C)C)C(=O)N1CCN(C)CC1. The molecule has 7 heteroatoms. The lowest BCUT2D eigenvalue weighted by atomic mass is 9.88. The minimum absolute atomic E-state index is 0.00318. The number of carbonyl (C=O) groups excluding carboxylic acids is 2. The highest BCUT2D eigenvalue weighted by Crippen LogP contribution is 2.27. The Labute approximate surface area is 162 Å². The number of hydrogen-bond donors (Lipinski definition) is 1. The van der Waals surface area contributed by atoms with Crippen LogP contribution in [0.2, 0.25) is 0 Å². The normalized spacial score (nSPS) is 17.3. The predicted octanol–water partition coefficient (Wildman–Crippen LogP) is 2.20. The number of aryl methyl sites for hydroxylation is 1. The summed E-state index contributed by atoms with van der Waals surface area (Å²) in [6.45, 7) is 14.9. The van der Waals surface area contributed by atoms with E-state index in [4.69, 9.17) is 4.52 Å². The molecular weight excluding hydrogens is 344 g/mol. The molecule has 2 heterocycles. The fourth-order valence-electron chi connectivity index (χ4n) is 3.32. The highest BCUT2D eigenvalue weighted by molar-refractivity contribution is 5.99. The second kappa shape index (κ2) is 8.42. The maximum absolute atomic E-state index is 13.1. The number of hydrogen-bond acceptors (Lipinski definition) is 5. The zero-order valence-electron chi connectivity index (χ0n) is 17.8. The first-order chi connectivity index (χ1) is 12.5. The maximum Gasteiger partial charge on any atom is 0.257 e. The lowest BCUT2D eigenvalue weighted by molar-refractivity contribution is -0.135. The van der Waals surface area contributed by atoms with Crippen LogP contribution in [0, 0.1) is 12.8 Å². The quantitative estimate of drug-likeness (QED) is 0.850. The molecule has 1 unspecified atom stereocenters. The largest absolute Gasteiger partial charge is 0.361 e. The van der Waals surface area contributed by atoms with E-state index in [1.54, 1.807) is 6.92 Å². The molecule has 0 aliphatic carbocycles. The van der Waals surface area contributed by atoms with Crippen molar-refractivity contribution in [3.8, 4) is 0 Å². The minimum Gasteiger partial charge on any atom is -0.361 e. The average Bonchev–Trinajstić information content (AvgIpc) is 2.96. The summed E-state index contributed by atoms with van der Waals surface area (Å²) in [7, 11) is 2.05. The van der Waals surface area contributed by atoms with Crippen LogP contribution in [-0.4, -0.2) is 66.0 Å². The molecule has 1 N–H and O–H groups in total. The van der Waals surface area contributed by atoms with Crippen molar-refractivity contribution in [3.63, 3.8) is 0 Å². The summed E-state index contributed by atoms with van der Waals surface area (Å²) < 4.78 is 5.28. The molecule has 7 nitrogen and oxygen atoms in total. The van der Waals surface area contributed by atoms with E-state index in [0.717, 1.165) is 13.1 Å². The third-order valence-corrected chi connectivity index (χ3v) is 4.93. The fourth-order valence-corrected chi connectivity index (χ4v) is 3.32. The van der Waals surface area contributed by atoms with Crippen LogP contribution in [-0.2, 0) is 10.2 Å². The van der Waals surface area contributed by atoms with Crippen LogP contribution in [0.25, 0.3) is 0 Å². The maximum atomic E-state index is 13.1. The molecule has 0 bridgehead atoms. The molecule has 2 rings (SSSR count). The molecule has 1 aromatic rings. The van der Waals surface area contributed by atoms with Gasteiger partial charge in [0.1, 0.15) is 23.1 Å². The van der Waals surface area contributed by atoms with Crippen molar-refractivity contribution >= 4 is 11.8 Å². The summed E-state index contributed by atoms with van der Waals surface area (Å²) in [6.07, 6.45) is 0.603. The van der Waals surface area contributed by atoms with E-state index in [9.17, 15) is 9.59 Å². The molecule has 1 fully saturated rings. The van der Waals surface area contributed by atoms with Gasteiger partial charge >= 0.3 is 0 Å². The van der Waals surface area contributed by atoms with Crippen molar-refractivity contribution in [1.82, 2.24) is 20.3 Å². The minimum atomic E-state index is -0.539. The fraction of sp³-hybridized carbons (Fsp3) is 0.750. The molecule has 0 aromatic carbocycles. The molecule has 152 valence electrons. The molecule has 1 saturated heterocycles. The summed E-state index contributed by atoms with van der Waals surface area (Å²) in [5.74, 6) is 0.480. The van der Waals surface area contributed by atoms with Gasteiger partial charge in [0.25, 0.3) is 5.91 Å².